The van der Waals surface area contributed by atoms with Crippen molar-refractivity contribution in [3.8, 4) is 0 Å². The van der Waals surface area contributed by atoms with Gasteiger partial charge in [0, 0.05) is 11.3 Å². The van der Waals surface area contributed by atoms with E-state index < -0.39 is 133 Å². The van der Waals surface area contributed by atoms with Gasteiger partial charge in [0.2, 0.25) is 0 Å². The van der Waals surface area contributed by atoms with Gasteiger partial charge in [0.15, 0.2) is 18.9 Å². The van der Waals surface area contributed by atoms with Crippen LogP contribution in [0, 0.1) is 56.7 Å². The third kappa shape index (κ3) is 7.58. The van der Waals surface area contributed by atoms with Crippen molar-refractivity contribution in [2.75, 3.05) is 13.2 Å². The van der Waals surface area contributed by atoms with Crippen LogP contribution >= 0.6 is 0 Å². The molecule has 0 aromatic rings. The van der Waals surface area contributed by atoms with E-state index in [2.05, 4.69) is 54.5 Å². The number of fused-ring (bicyclic) bond motifs is 7. The Bertz CT molecular complexity index is 1730. The Morgan fingerprint density at radius 3 is 1.85 bits per heavy atom. The fourth-order valence-corrected chi connectivity index (χ4v) is 15.5. The van der Waals surface area contributed by atoms with Crippen LogP contribution in [-0.2, 0) is 28.4 Å². The van der Waals surface area contributed by atoms with E-state index >= 15 is 0 Å². The highest BCUT2D eigenvalue weighted by molar-refractivity contribution is 5.37. The fourth-order valence-electron chi connectivity index (χ4n) is 15.5. The van der Waals surface area contributed by atoms with Gasteiger partial charge < -0.3 is 84.6 Å². The largest absolute Gasteiger partial charge is 0.396 e. The molecule has 3 aliphatic heterocycles. The van der Waals surface area contributed by atoms with Crippen molar-refractivity contribution >= 4 is 0 Å². The van der Waals surface area contributed by atoms with E-state index in [-0.39, 0.29) is 41.1 Å². The van der Waals surface area contributed by atoms with Gasteiger partial charge >= 0.3 is 0 Å². The number of ether oxygens (including phenoxy) is 6. The highest BCUT2D eigenvalue weighted by Crippen LogP contribution is 2.76. The molecule has 0 aromatic heterocycles. The summed E-state index contributed by atoms with van der Waals surface area (Å²) in [7, 11) is 0. The van der Waals surface area contributed by atoms with Crippen LogP contribution in [0.15, 0.2) is 11.6 Å². The second kappa shape index (κ2) is 17.7. The van der Waals surface area contributed by atoms with Crippen LogP contribution in [0.3, 0.4) is 0 Å². The molecular formula is C48H80O17. The van der Waals surface area contributed by atoms with Crippen LogP contribution in [0.25, 0.3) is 0 Å². The molecule has 17 heteroatoms. The van der Waals surface area contributed by atoms with E-state index in [1.807, 2.05) is 0 Å². The maximum Gasteiger partial charge on any atom is 0.187 e. The lowest BCUT2D eigenvalue weighted by molar-refractivity contribution is -0.396. The predicted octanol–water partition coefficient (Wildman–Crippen LogP) is 0.467. The second-order valence-corrected chi connectivity index (χ2v) is 23.2. The summed E-state index contributed by atoms with van der Waals surface area (Å²) in [6.45, 7) is 17.9. The third-order valence-electron chi connectivity index (χ3n) is 19.7. The molecule has 374 valence electrons. The summed E-state index contributed by atoms with van der Waals surface area (Å²) in [4.78, 5) is 0. The Morgan fingerprint density at radius 2 is 1.22 bits per heavy atom. The summed E-state index contributed by atoms with van der Waals surface area (Å²) in [5, 5.41) is 122. The van der Waals surface area contributed by atoms with Crippen molar-refractivity contribution in [2.45, 2.75) is 218 Å². The molecule has 3 heterocycles. The van der Waals surface area contributed by atoms with Gasteiger partial charge in [0.25, 0.3) is 0 Å². The van der Waals surface area contributed by atoms with Crippen molar-refractivity contribution < 1.29 is 84.6 Å². The zero-order chi connectivity index (χ0) is 47.7. The first-order valence-corrected chi connectivity index (χ1v) is 24.3. The molecule has 11 N–H and O–H groups in total. The molecule has 17 nitrogen and oxygen atoms in total. The van der Waals surface area contributed by atoms with Gasteiger partial charge in [0.1, 0.15) is 61.0 Å². The minimum absolute atomic E-state index is 0.0363. The molecule has 0 aromatic carbocycles. The van der Waals surface area contributed by atoms with Gasteiger partial charge in [0.05, 0.1) is 43.7 Å². The van der Waals surface area contributed by atoms with Gasteiger partial charge in [-0.05, 0) is 104 Å². The number of hydrogen-bond acceptors (Lipinski definition) is 17. The van der Waals surface area contributed by atoms with E-state index in [0.717, 1.165) is 25.7 Å². The highest BCUT2D eigenvalue weighted by atomic mass is 16.8. The van der Waals surface area contributed by atoms with Crippen LogP contribution in [-0.4, -0.2) is 180 Å². The molecule has 4 saturated carbocycles. The van der Waals surface area contributed by atoms with Gasteiger partial charge in [-0.15, -0.1) is 0 Å². The lowest BCUT2D eigenvalue weighted by Crippen LogP contribution is -2.70. The summed E-state index contributed by atoms with van der Waals surface area (Å²) >= 11 is 0. The normalized spacial score (nSPS) is 57.8. The minimum atomic E-state index is -1.81. The Balaban J connectivity index is 1.06. The Hall–Kier alpha value is -0.940. The minimum Gasteiger partial charge on any atom is -0.396 e. The maximum absolute atomic E-state index is 12.6. The molecule has 27 unspecified atom stereocenters. The lowest BCUT2D eigenvalue weighted by atomic mass is 9.32. The molecule has 3 saturated heterocycles. The molecule has 0 amide bonds. The van der Waals surface area contributed by atoms with Crippen LogP contribution in [0.4, 0.5) is 0 Å². The summed E-state index contributed by atoms with van der Waals surface area (Å²) in [6, 6.07) is 0. The molecule has 27 atom stereocenters. The molecule has 0 bridgehead atoms. The average Bonchev–Trinajstić information content (AvgIpc) is 3.24. The molecule has 7 fully saturated rings. The van der Waals surface area contributed by atoms with Crippen molar-refractivity contribution in [1.82, 2.24) is 0 Å². The first kappa shape index (κ1) is 50.4. The van der Waals surface area contributed by atoms with Crippen LogP contribution in [0.1, 0.15) is 107 Å². The monoisotopic (exact) mass is 929 g/mol. The van der Waals surface area contributed by atoms with E-state index in [4.69, 9.17) is 28.4 Å². The smallest absolute Gasteiger partial charge is 0.187 e. The number of hydrogen-bond donors (Lipinski definition) is 11. The van der Waals surface area contributed by atoms with Gasteiger partial charge in [-0.25, -0.2) is 0 Å². The van der Waals surface area contributed by atoms with Crippen molar-refractivity contribution in [3.63, 3.8) is 0 Å². The van der Waals surface area contributed by atoms with Gasteiger partial charge in [-0.2, -0.15) is 0 Å². The predicted molar refractivity (Wildman–Crippen MR) is 230 cm³/mol. The highest BCUT2D eigenvalue weighted by Gasteiger charge is 2.72. The number of allylic oxidation sites excluding steroid dienone is 1. The van der Waals surface area contributed by atoms with E-state index in [1.54, 1.807) is 6.92 Å². The lowest BCUT2D eigenvalue weighted by Gasteiger charge is -2.73. The summed E-state index contributed by atoms with van der Waals surface area (Å²) in [5.74, 6) is 0.463. The first-order valence-electron chi connectivity index (χ1n) is 24.3. The zero-order valence-corrected chi connectivity index (χ0v) is 39.6. The molecule has 8 rings (SSSR count). The average molecular weight is 929 g/mol. The molecule has 0 spiro atoms. The Kier molecular flexibility index (Phi) is 13.8. The molecule has 5 aliphatic carbocycles. The SMILES string of the molecule is CC1CCC2(CO)C(O)CC3(C)C(=CC(O)C4C5(C)CCC(OC6OC(C)C(O)C(O)C6OC6OC(CO)C(O)C(O)C6OC6OC(C)C(O)C(O)C6O)C(C)(C)C5CCC43C)C2C1C. The summed E-state index contributed by atoms with van der Waals surface area (Å²) in [5.41, 5.74) is -1.17. The Morgan fingerprint density at radius 1 is 0.631 bits per heavy atom. The van der Waals surface area contributed by atoms with Crippen LogP contribution < -0.4 is 0 Å². The van der Waals surface area contributed by atoms with Gasteiger partial charge in [-0.1, -0.05) is 60.1 Å². The third-order valence-corrected chi connectivity index (χ3v) is 19.7. The first-order chi connectivity index (χ1) is 30.3. The Labute approximate surface area is 383 Å². The number of aliphatic hydroxyl groups is 11. The standard InChI is InChI=1S/C48H80O17/c1-20-10-15-48(19-50)28(52)17-47(9)24(30(48)21(20)2)16-25(51)40-45(7)13-12-29(44(5,6)27(45)11-14-46(40,47)8)63-42-38(35(57)32(54)23(4)61-42)65-43-39(36(58)33(55)26(18-49)62-43)64-41-37(59)34(56)31(53)22(3)60-41/h16,20-23,25-43,49-59H,10-15,17-19H2,1-9H3. The second-order valence-electron chi connectivity index (χ2n) is 23.2. The molecule has 0 radical (unpaired) electrons. The topological polar surface area (TPSA) is 278 Å². The van der Waals surface area contributed by atoms with Crippen LogP contribution in [0.5, 0.6) is 0 Å². The maximum atomic E-state index is 12.6. The van der Waals surface area contributed by atoms with Crippen molar-refractivity contribution in [1.29, 1.82) is 0 Å². The molecule has 65 heavy (non-hydrogen) atoms. The summed E-state index contributed by atoms with van der Waals surface area (Å²) in [6.07, 6.45) is -17.4. The van der Waals surface area contributed by atoms with E-state index in [9.17, 15) is 56.2 Å². The molecular weight excluding hydrogens is 849 g/mol. The number of rotatable bonds is 8. The fraction of sp³-hybridized carbons (Fsp3) is 0.958. The van der Waals surface area contributed by atoms with Gasteiger partial charge in [-0.3, -0.25) is 0 Å². The number of aliphatic hydroxyl groups excluding tert-OH is 11. The van der Waals surface area contributed by atoms with Crippen molar-refractivity contribution in [3.05, 3.63) is 11.6 Å². The van der Waals surface area contributed by atoms with E-state index in [0.29, 0.717) is 25.2 Å². The van der Waals surface area contributed by atoms with E-state index in [1.165, 1.54) is 12.5 Å². The quantitative estimate of drug-likeness (QED) is 0.117. The van der Waals surface area contributed by atoms with Crippen LogP contribution in [0.2, 0.25) is 0 Å². The zero-order valence-electron chi connectivity index (χ0n) is 39.6. The van der Waals surface area contributed by atoms with Crippen molar-refractivity contribution in [2.24, 2.45) is 56.7 Å². The summed E-state index contributed by atoms with van der Waals surface area (Å²) < 4.78 is 37.0. The molecule has 8 aliphatic rings.